The fraction of sp³-hybridized carbons (Fsp3) is 0.286. The van der Waals surface area contributed by atoms with Gasteiger partial charge in [-0.05, 0) is 59.1 Å². The van der Waals surface area contributed by atoms with E-state index in [1.807, 2.05) is 0 Å². The number of carbonyl (C=O) groups excluding carboxylic acids is 1. The van der Waals surface area contributed by atoms with Gasteiger partial charge in [-0.1, -0.05) is 48.5 Å². The van der Waals surface area contributed by atoms with Gasteiger partial charge >= 0.3 is 0 Å². The quantitative estimate of drug-likeness (QED) is 0.749. The largest absolute Gasteiger partial charge is 0.369 e. The third kappa shape index (κ3) is 2.76. The van der Waals surface area contributed by atoms with Crippen LogP contribution in [0.2, 0.25) is 0 Å². The van der Waals surface area contributed by atoms with E-state index in [9.17, 15) is 4.79 Å². The molecule has 3 nitrogen and oxygen atoms in total. The summed E-state index contributed by atoms with van der Waals surface area (Å²) >= 11 is 0. The molecule has 0 spiro atoms. The zero-order valence-electron chi connectivity index (χ0n) is 13.7. The maximum Gasteiger partial charge on any atom is 0.220 e. The maximum absolute atomic E-state index is 11.4. The summed E-state index contributed by atoms with van der Waals surface area (Å²) in [6.07, 6.45) is 1.75. The monoisotopic (exact) mass is 318 g/mol. The van der Waals surface area contributed by atoms with Crippen LogP contribution in [0.3, 0.4) is 0 Å². The standard InChI is InChI=1S/C21H22N2O/c22-21(24)15-9-11-23(12-10-15)14-20-18-7-3-1-5-16(18)13-17-6-2-4-8-19(17)20/h1-8,13,15H,9-12,14H2,(H2,22,24). The molecule has 1 aliphatic rings. The van der Waals surface area contributed by atoms with Crippen LogP contribution in [0, 0.1) is 5.92 Å². The molecule has 24 heavy (non-hydrogen) atoms. The summed E-state index contributed by atoms with van der Waals surface area (Å²) in [4.78, 5) is 13.8. The van der Waals surface area contributed by atoms with Crippen molar-refractivity contribution in [3.63, 3.8) is 0 Å². The summed E-state index contributed by atoms with van der Waals surface area (Å²) in [7, 11) is 0. The highest BCUT2D eigenvalue weighted by atomic mass is 16.1. The molecule has 0 unspecified atom stereocenters. The highest BCUT2D eigenvalue weighted by Gasteiger charge is 2.23. The minimum atomic E-state index is -0.148. The minimum absolute atomic E-state index is 0.0468. The van der Waals surface area contributed by atoms with Gasteiger partial charge in [-0.15, -0.1) is 0 Å². The van der Waals surface area contributed by atoms with Crippen LogP contribution in [0.5, 0.6) is 0 Å². The number of rotatable bonds is 3. The van der Waals surface area contributed by atoms with E-state index in [2.05, 4.69) is 59.5 Å². The summed E-state index contributed by atoms with van der Waals surface area (Å²) in [5.41, 5.74) is 6.85. The van der Waals surface area contributed by atoms with Crippen LogP contribution in [0.4, 0.5) is 0 Å². The molecule has 0 radical (unpaired) electrons. The fourth-order valence-electron chi connectivity index (χ4n) is 3.88. The predicted octanol–water partition coefficient (Wildman–Crippen LogP) is 3.69. The Hall–Kier alpha value is -2.39. The second kappa shape index (κ2) is 6.25. The van der Waals surface area contributed by atoms with Crippen LogP contribution in [0.15, 0.2) is 54.6 Å². The molecule has 1 saturated heterocycles. The zero-order chi connectivity index (χ0) is 16.5. The van der Waals surface area contributed by atoms with E-state index < -0.39 is 0 Å². The number of piperidine rings is 1. The van der Waals surface area contributed by atoms with Gasteiger partial charge in [0.05, 0.1) is 0 Å². The Kier molecular flexibility index (Phi) is 3.95. The lowest BCUT2D eigenvalue weighted by Gasteiger charge is -2.31. The van der Waals surface area contributed by atoms with E-state index in [0.717, 1.165) is 32.5 Å². The van der Waals surface area contributed by atoms with Crippen LogP contribution < -0.4 is 5.73 Å². The maximum atomic E-state index is 11.4. The van der Waals surface area contributed by atoms with Gasteiger partial charge in [0.25, 0.3) is 0 Å². The molecule has 122 valence electrons. The van der Waals surface area contributed by atoms with Gasteiger partial charge in [0.2, 0.25) is 5.91 Å². The average Bonchev–Trinajstić information content (AvgIpc) is 2.62. The van der Waals surface area contributed by atoms with Gasteiger partial charge in [0, 0.05) is 12.5 Å². The van der Waals surface area contributed by atoms with Gasteiger partial charge in [-0.2, -0.15) is 0 Å². The Labute approximate surface area is 142 Å². The van der Waals surface area contributed by atoms with Gasteiger partial charge in [0.15, 0.2) is 0 Å². The Morgan fingerprint density at radius 3 is 2.04 bits per heavy atom. The Morgan fingerprint density at radius 2 is 1.50 bits per heavy atom. The number of likely N-dealkylation sites (tertiary alicyclic amines) is 1. The van der Waals surface area contributed by atoms with E-state index in [1.54, 1.807) is 0 Å². The Balaban J connectivity index is 1.71. The normalized spacial score (nSPS) is 16.7. The molecule has 0 bridgehead atoms. The first-order valence-corrected chi connectivity index (χ1v) is 8.63. The van der Waals surface area contributed by atoms with Crippen molar-refractivity contribution in [3.05, 3.63) is 60.2 Å². The molecular weight excluding hydrogens is 296 g/mol. The number of amides is 1. The molecule has 1 heterocycles. The van der Waals surface area contributed by atoms with E-state index in [1.165, 1.54) is 27.1 Å². The first-order valence-electron chi connectivity index (χ1n) is 8.63. The molecule has 2 N–H and O–H groups in total. The lowest BCUT2D eigenvalue weighted by Crippen LogP contribution is -2.38. The molecule has 0 aromatic heterocycles. The Morgan fingerprint density at radius 1 is 0.958 bits per heavy atom. The van der Waals surface area contributed by atoms with Crippen molar-refractivity contribution in [2.75, 3.05) is 13.1 Å². The zero-order valence-corrected chi connectivity index (χ0v) is 13.7. The highest BCUT2D eigenvalue weighted by molar-refractivity contribution is 6.02. The van der Waals surface area contributed by atoms with Gasteiger partial charge in [-0.25, -0.2) is 0 Å². The van der Waals surface area contributed by atoms with Crippen molar-refractivity contribution >= 4 is 27.5 Å². The Bertz CT molecular complexity index is 841. The molecule has 0 saturated carbocycles. The smallest absolute Gasteiger partial charge is 0.220 e. The van der Waals surface area contributed by atoms with Crippen molar-refractivity contribution < 1.29 is 4.79 Å². The number of carbonyl (C=O) groups is 1. The van der Waals surface area contributed by atoms with Crippen molar-refractivity contribution in [3.8, 4) is 0 Å². The number of benzene rings is 3. The van der Waals surface area contributed by atoms with Crippen LogP contribution >= 0.6 is 0 Å². The molecule has 1 fully saturated rings. The first-order chi connectivity index (χ1) is 11.7. The molecule has 0 atom stereocenters. The topological polar surface area (TPSA) is 46.3 Å². The average molecular weight is 318 g/mol. The lowest BCUT2D eigenvalue weighted by molar-refractivity contribution is -0.123. The van der Waals surface area contributed by atoms with Crippen molar-refractivity contribution in [2.45, 2.75) is 19.4 Å². The van der Waals surface area contributed by atoms with E-state index in [0.29, 0.717) is 0 Å². The SMILES string of the molecule is NC(=O)C1CCN(Cc2c3ccccc3cc3ccccc23)CC1. The fourth-order valence-corrected chi connectivity index (χ4v) is 3.88. The third-order valence-corrected chi connectivity index (χ3v) is 5.25. The first kappa shape index (κ1) is 15.2. The van der Waals surface area contributed by atoms with Crippen LogP contribution in [0.1, 0.15) is 18.4 Å². The van der Waals surface area contributed by atoms with Crippen LogP contribution in [-0.2, 0) is 11.3 Å². The summed E-state index contributed by atoms with van der Waals surface area (Å²) in [5.74, 6) is -0.101. The molecular formula is C21H22N2O. The van der Waals surface area contributed by atoms with E-state index in [4.69, 9.17) is 5.73 Å². The van der Waals surface area contributed by atoms with Crippen molar-refractivity contribution in [2.24, 2.45) is 11.7 Å². The number of fused-ring (bicyclic) bond motifs is 2. The molecule has 3 heteroatoms. The molecule has 1 amide bonds. The molecule has 3 aromatic rings. The third-order valence-electron chi connectivity index (χ3n) is 5.25. The summed E-state index contributed by atoms with van der Waals surface area (Å²) < 4.78 is 0. The second-order valence-corrected chi connectivity index (χ2v) is 6.75. The number of nitrogens with zero attached hydrogens (tertiary/aromatic N) is 1. The highest BCUT2D eigenvalue weighted by Crippen LogP contribution is 2.30. The van der Waals surface area contributed by atoms with Crippen LogP contribution in [0.25, 0.3) is 21.5 Å². The summed E-state index contributed by atoms with van der Waals surface area (Å²) in [6.45, 7) is 2.80. The molecule has 0 aliphatic carbocycles. The van der Waals surface area contributed by atoms with E-state index in [-0.39, 0.29) is 11.8 Å². The molecule has 1 aliphatic heterocycles. The van der Waals surface area contributed by atoms with Crippen LogP contribution in [-0.4, -0.2) is 23.9 Å². The number of nitrogens with two attached hydrogens (primary N) is 1. The summed E-state index contributed by atoms with van der Waals surface area (Å²) in [6, 6.07) is 19.5. The second-order valence-electron chi connectivity index (χ2n) is 6.75. The predicted molar refractivity (Wildman–Crippen MR) is 98.6 cm³/mol. The number of hydrogen-bond acceptors (Lipinski definition) is 2. The number of hydrogen-bond donors (Lipinski definition) is 1. The van der Waals surface area contributed by atoms with Crippen molar-refractivity contribution in [1.82, 2.24) is 4.90 Å². The minimum Gasteiger partial charge on any atom is -0.369 e. The van der Waals surface area contributed by atoms with Crippen molar-refractivity contribution in [1.29, 1.82) is 0 Å². The van der Waals surface area contributed by atoms with Gasteiger partial charge in [0.1, 0.15) is 0 Å². The molecule has 3 aromatic carbocycles. The van der Waals surface area contributed by atoms with Gasteiger partial charge in [-0.3, -0.25) is 9.69 Å². The van der Waals surface area contributed by atoms with Gasteiger partial charge < -0.3 is 5.73 Å². The lowest BCUT2D eigenvalue weighted by atomic mass is 9.93. The van der Waals surface area contributed by atoms with E-state index >= 15 is 0 Å². The summed E-state index contributed by atoms with van der Waals surface area (Å²) in [5, 5.41) is 5.23. The molecule has 4 rings (SSSR count). The number of primary amides is 1.